The summed E-state index contributed by atoms with van der Waals surface area (Å²) in [5.41, 5.74) is 3.43. The molecule has 3 aliphatic rings. The van der Waals surface area contributed by atoms with Crippen molar-refractivity contribution in [3.63, 3.8) is 0 Å². The van der Waals surface area contributed by atoms with Gasteiger partial charge in [0.05, 0.1) is 26.2 Å². The van der Waals surface area contributed by atoms with Gasteiger partial charge < -0.3 is 24.1 Å². The molecule has 0 aromatic heterocycles. The van der Waals surface area contributed by atoms with Crippen LogP contribution in [0.1, 0.15) is 47.1 Å². The van der Waals surface area contributed by atoms with Gasteiger partial charge in [-0.1, -0.05) is 18.2 Å². The highest BCUT2D eigenvalue weighted by atomic mass is 19.1. The van der Waals surface area contributed by atoms with E-state index < -0.39 is 12.1 Å². The topological polar surface area (TPSA) is 77.5 Å². The zero-order valence-corrected chi connectivity index (χ0v) is 21.0. The lowest BCUT2D eigenvalue weighted by atomic mass is 9.98. The molecule has 6 rings (SSSR count). The van der Waals surface area contributed by atoms with Gasteiger partial charge in [0.1, 0.15) is 34.9 Å². The van der Waals surface area contributed by atoms with E-state index in [0.29, 0.717) is 48.0 Å². The number of carboxylic acid groups (broad SMARTS) is 1. The third-order valence-electron chi connectivity index (χ3n) is 7.46. The number of rotatable bonds is 8. The van der Waals surface area contributed by atoms with Gasteiger partial charge in [-0.2, -0.15) is 0 Å². The van der Waals surface area contributed by atoms with Crippen LogP contribution in [0.2, 0.25) is 0 Å². The Morgan fingerprint density at radius 2 is 1.84 bits per heavy atom. The summed E-state index contributed by atoms with van der Waals surface area (Å²) < 4.78 is 38.5. The van der Waals surface area contributed by atoms with Crippen molar-refractivity contribution in [3.8, 4) is 23.0 Å². The maximum Gasteiger partial charge on any atom is 0.304 e. The highest BCUT2D eigenvalue weighted by Crippen LogP contribution is 2.44. The maximum absolute atomic E-state index is 15.0. The average Bonchev–Trinajstić information content (AvgIpc) is 3.52. The SMILES string of the molecule is O=C(O)C[C@@H]1COc2cc(O[C@@H]3CCc4c(Oc5ccc(CN6CCOCC6)cc5)ccc(F)c43)ccc21. The summed E-state index contributed by atoms with van der Waals surface area (Å²) in [6.07, 6.45) is 0.849. The predicted octanol–water partition coefficient (Wildman–Crippen LogP) is 5.47. The van der Waals surface area contributed by atoms with E-state index in [1.54, 1.807) is 18.2 Å². The zero-order valence-electron chi connectivity index (χ0n) is 21.0. The summed E-state index contributed by atoms with van der Waals surface area (Å²) in [5.74, 6) is 1.21. The molecule has 3 aromatic rings. The monoisotopic (exact) mass is 519 g/mol. The molecule has 0 saturated carbocycles. The Balaban J connectivity index is 1.15. The number of carbonyl (C=O) groups is 1. The van der Waals surface area contributed by atoms with Crippen LogP contribution in [0.15, 0.2) is 54.6 Å². The smallest absolute Gasteiger partial charge is 0.304 e. The summed E-state index contributed by atoms with van der Waals surface area (Å²) >= 11 is 0. The largest absolute Gasteiger partial charge is 0.492 e. The van der Waals surface area contributed by atoms with Crippen molar-refractivity contribution in [2.75, 3.05) is 32.9 Å². The minimum atomic E-state index is -0.855. The van der Waals surface area contributed by atoms with Gasteiger partial charge in [-0.05, 0) is 48.7 Å². The summed E-state index contributed by atoms with van der Waals surface area (Å²) in [6.45, 7) is 4.63. The summed E-state index contributed by atoms with van der Waals surface area (Å²) in [6, 6.07) is 16.6. The first-order valence-corrected chi connectivity index (χ1v) is 13.1. The van der Waals surface area contributed by atoms with Crippen LogP contribution in [-0.4, -0.2) is 48.9 Å². The van der Waals surface area contributed by atoms with Crippen molar-refractivity contribution in [1.82, 2.24) is 4.90 Å². The third kappa shape index (κ3) is 5.19. The second-order valence-corrected chi connectivity index (χ2v) is 10.0. The minimum absolute atomic E-state index is 0.0216. The van der Waals surface area contributed by atoms with Crippen molar-refractivity contribution in [2.45, 2.75) is 37.8 Å². The fourth-order valence-electron chi connectivity index (χ4n) is 5.54. The molecular weight excluding hydrogens is 489 g/mol. The third-order valence-corrected chi connectivity index (χ3v) is 7.46. The van der Waals surface area contributed by atoms with Gasteiger partial charge in [0.25, 0.3) is 0 Å². The first-order chi connectivity index (χ1) is 18.5. The van der Waals surface area contributed by atoms with Crippen molar-refractivity contribution in [3.05, 3.63) is 82.7 Å². The number of carboxylic acids is 1. The molecule has 0 spiro atoms. The molecule has 1 saturated heterocycles. The van der Waals surface area contributed by atoms with Gasteiger partial charge in [0, 0.05) is 48.3 Å². The van der Waals surface area contributed by atoms with Crippen LogP contribution in [0.4, 0.5) is 4.39 Å². The normalized spacial score (nSPS) is 20.4. The molecule has 0 radical (unpaired) electrons. The Labute approximate surface area is 220 Å². The molecular formula is C30H30FNO6. The zero-order chi connectivity index (χ0) is 26.1. The minimum Gasteiger partial charge on any atom is -0.492 e. The number of halogens is 1. The molecule has 2 atom stereocenters. The molecule has 2 heterocycles. The summed E-state index contributed by atoms with van der Waals surface area (Å²) in [5, 5.41) is 9.12. The molecule has 1 aliphatic carbocycles. The number of hydrogen-bond acceptors (Lipinski definition) is 6. The summed E-state index contributed by atoms with van der Waals surface area (Å²) in [4.78, 5) is 13.5. The van der Waals surface area contributed by atoms with Crippen molar-refractivity contribution >= 4 is 5.97 Å². The molecule has 0 bridgehead atoms. The van der Waals surface area contributed by atoms with Gasteiger partial charge in [0.2, 0.25) is 0 Å². The maximum atomic E-state index is 15.0. The van der Waals surface area contributed by atoms with Gasteiger partial charge in [-0.25, -0.2) is 4.39 Å². The van der Waals surface area contributed by atoms with Crippen LogP contribution < -0.4 is 14.2 Å². The van der Waals surface area contributed by atoms with E-state index in [4.69, 9.17) is 24.1 Å². The van der Waals surface area contributed by atoms with Gasteiger partial charge >= 0.3 is 5.97 Å². The lowest BCUT2D eigenvalue weighted by Crippen LogP contribution is -2.35. The molecule has 198 valence electrons. The fourth-order valence-corrected chi connectivity index (χ4v) is 5.54. The van der Waals surface area contributed by atoms with E-state index in [1.165, 1.54) is 11.6 Å². The lowest BCUT2D eigenvalue weighted by Gasteiger charge is -2.26. The van der Waals surface area contributed by atoms with E-state index in [9.17, 15) is 4.79 Å². The Bertz CT molecular complexity index is 1320. The number of benzene rings is 3. The van der Waals surface area contributed by atoms with E-state index in [2.05, 4.69) is 17.0 Å². The standard InChI is InChI=1S/C30H30FNO6/c31-25-8-10-26(37-21-3-1-19(2-4-21)17-32-11-13-35-14-12-32)24-7-9-27(30(24)25)38-22-5-6-23-20(15-29(33)34)18-36-28(23)16-22/h1-6,8,10,16,20,27H,7,9,11-15,17-18H2,(H,33,34)/t20-,27-/m1/s1. The fraction of sp³-hybridized carbons (Fsp3) is 0.367. The van der Waals surface area contributed by atoms with Crippen LogP contribution in [-0.2, 0) is 22.5 Å². The van der Waals surface area contributed by atoms with Crippen molar-refractivity contribution in [1.29, 1.82) is 0 Å². The highest BCUT2D eigenvalue weighted by Gasteiger charge is 2.32. The molecule has 38 heavy (non-hydrogen) atoms. The Morgan fingerprint density at radius 1 is 1.05 bits per heavy atom. The highest BCUT2D eigenvalue weighted by molar-refractivity contribution is 5.68. The predicted molar refractivity (Wildman–Crippen MR) is 138 cm³/mol. The van der Waals surface area contributed by atoms with Gasteiger partial charge in [-0.15, -0.1) is 0 Å². The molecule has 8 heteroatoms. The number of aliphatic carboxylic acids is 1. The number of morpholine rings is 1. The van der Waals surface area contributed by atoms with Crippen LogP contribution in [0.5, 0.6) is 23.0 Å². The first kappa shape index (κ1) is 24.7. The number of ether oxygens (including phenoxy) is 4. The van der Waals surface area contributed by atoms with E-state index in [0.717, 1.165) is 44.0 Å². The number of nitrogens with zero attached hydrogens (tertiary/aromatic N) is 1. The van der Waals surface area contributed by atoms with Crippen LogP contribution in [0.25, 0.3) is 0 Å². The molecule has 0 amide bonds. The van der Waals surface area contributed by atoms with E-state index in [-0.39, 0.29) is 18.2 Å². The number of fused-ring (bicyclic) bond motifs is 2. The van der Waals surface area contributed by atoms with Crippen LogP contribution >= 0.6 is 0 Å². The second-order valence-electron chi connectivity index (χ2n) is 10.0. The van der Waals surface area contributed by atoms with Crippen molar-refractivity contribution in [2.24, 2.45) is 0 Å². The molecule has 0 unspecified atom stereocenters. The Kier molecular flexibility index (Phi) is 6.91. The van der Waals surface area contributed by atoms with Gasteiger partial charge in [-0.3, -0.25) is 9.69 Å². The van der Waals surface area contributed by atoms with Gasteiger partial charge in [0.15, 0.2) is 0 Å². The second kappa shape index (κ2) is 10.6. The van der Waals surface area contributed by atoms with Crippen molar-refractivity contribution < 1.29 is 33.2 Å². The summed E-state index contributed by atoms with van der Waals surface area (Å²) in [7, 11) is 0. The van der Waals surface area contributed by atoms with E-state index in [1.807, 2.05) is 18.2 Å². The first-order valence-electron chi connectivity index (χ1n) is 13.1. The quantitative estimate of drug-likeness (QED) is 0.423. The Hall–Kier alpha value is -3.62. The number of hydrogen-bond donors (Lipinski definition) is 1. The average molecular weight is 520 g/mol. The molecule has 2 aliphatic heterocycles. The molecule has 7 nitrogen and oxygen atoms in total. The lowest BCUT2D eigenvalue weighted by molar-refractivity contribution is -0.137. The van der Waals surface area contributed by atoms with Crippen LogP contribution in [0.3, 0.4) is 0 Å². The molecule has 1 N–H and O–H groups in total. The molecule has 1 fully saturated rings. The van der Waals surface area contributed by atoms with Crippen LogP contribution in [0, 0.1) is 5.82 Å². The molecule has 3 aromatic carbocycles. The van der Waals surface area contributed by atoms with E-state index >= 15 is 4.39 Å². The Morgan fingerprint density at radius 3 is 2.63 bits per heavy atom.